The molecule has 7 nitrogen and oxygen atoms in total. The van der Waals surface area contributed by atoms with Crippen molar-refractivity contribution in [3.05, 3.63) is 36.5 Å². The number of piperidine rings is 1. The minimum Gasteiger partial charge on any atom is -0.381 e. The van der Waals surface area contributed by atoms with Crippen LogP contribution >= 0.6 is 0 Å². The molecule has 1 aliphatic rings. The summed E-state index contributed by atoms with van der Waals surface area (Å²) in [4.78, 5) is 6.62. The van der Waals surface area contributed by atoms with E-state index < -0.39 is 0 Å². The van der Waals surface area contributed by atoms with Crippen molar-refractivity contribution >= 4 is 11.5 Å². The molecule has 3 aromatic heterocycles. The first-order valence-corrected chi connectivity index (χ1v) is 7.77. The van der Waals surface area contributed by atoms with E-state index in [2.05, 4.69) is 20.1 Å². The van der Waals surface area contributed by atoms with E-state index in [0.29, 0.717) is 11.9 Å². The van der Waals surface area contributed by atoms with Gasteiger partial charge >= 0.3 is 0 Å². The highest BCUT2D eigenvalue weighted by Gasteiger charge is 2.20. The van der Waals surface area contributed by atoms with E-state index in [0.717, 1.165) is 43.1 Å². The molecular formula is C16H18N6O. The Balaban J connectivity index is 1.68. The molecule has 0 atom stereocenters. The molecule has 23 heavy (non-hydrogen) atoms. The minimum absolute atomic E-state index is 0.356. The Kier molecular flexibility index (Phi) is 3.63. The maximum absolute atomic E-state index is 5.43. The number of rotatable bonds is 3. The number of aromatic nitrogens is 5. The molecule has 0 bridgehead atoms. The van der Waals surface area contributed by atoms with Gasteiger partial charge in [-0.15, -0.1) is 15.3 Å². The quantitative estimate of drug-likeness (QED) is 0.735. The highest BCUT2D eigenvalue weighted by Crippen LogP contribution is 2.21. The van der Waals surface area contributed by atoms with Crippen molar-refractivity contribution in [3.63, 3.8) is 0 Å². The topological polar surface area (TPSA) is 68.4 Å². The summed E-state index contributed by atoms with van der Waals surface area (Å²) >= 11 is 0. The van der Waals surface area contributed by atoms with Gasteiger partial charge in [0.1, 0.15) is 11.5 Å². The Bertz CT molecular complexity index is 795. The Morgan fingerprint density at radius 1 is 1.09 bits per heavy atom. The second-order valence-electron chi connectivity index (χ2n) is 5.62. The number of hydrogen-bond acceptors (Lipinski definition) is 6. The highest BCUT2D eigenvalue weighted by atomic mass is 16.5. The molecule has 0 spiro atoms. The molecule has 7 heteroatoms. The van der Waals surface area contributed by atoms with Gasteiger partial charge in [-0.3, -0.25) is 4.98 Å². The van der Waals surface area contributed by atoms with Crippen molar-refractivity contribution in [3.8, 4) is 11.5 Å². The molecule has 4 heterocycles. The summed E-state index contributed by atoms with van der Waals surface area (Å²) in [5.74, 6) is 1.60. The maximum Gasteiger partial charge on any atom is 0.203 e. The Morgan fingerprint density at radius 3 is 2.70 bits per heavy atom. The third-order valence-electron chi connectivity index (χ3n) is 4.24. The van der Waals surface area contributed by atoms with Crippen LogP contribution in [-0.4, -0.2) is 51.1 Å². The van der Waals surface area contributed by atoms with Gasteiger partial charge in [0.2, 0.25) is 5.82 Å². The fraction of sp³-hybridized carbons (Fsp3) is 0.375. The van der Waals surface area contributed by atoms with Crippen molar-refractivity contribution < 1.29 is 4.74 Å². The lowest BCUT2D eigenvalue weighted by Gasteiger charge is -2.31. The molecule has 3 aromatic rings. The van der Waals surface area contributed by atoms with Crippen LogP contribution in [0.4, 0.5) is 5.82 Å². The van der Waals surface area contributed by atoms with Crippen molar-refractivity contribution in [2.24, 2.45) is 0 Å². The predicted octanol–water partition coefficient (Wildman–Crippen LogP) is 1.80. The molecule has 0 amide bonds. The number of ether oxygens (including phenoxy) is 1. The lowest BCUT2D eigenvalue weighted by atomic mass is 10.1. The van der Waals surface area contributed by atoms with Gasteiger partial charge in [0, 0.05) is 26.4 Å². The Labute approximate surface area is 133 Å². The van der Waals surface area contributed by atoms with Gasteiger partial charge in [0.15, 0.2) is 5.65 Å². The average molecular weight is 310 g/mol. The van der Waals surface area contributed by atoms with Crippen LogP contribution in [0.2, 0.25) is 0 Å². The first-order valence-electron chi connectivity index (χ1n) is 7.77. The third-order valence-corrected chi connectivity index (χ3v) is 4.24. The average Bonchev–Trinajstić information content (AvgIpc) is 3.05. The molecule has 0 saturated carbocycles. The predicted molar refractivity (Wildman–Crippen MR) is 86.3 cm³/mol. The van der Waals surface area contributed by atoms with E-state index in [1.54, 1.807) is 17.8 Å². The monoisotopic (exact) mass is 310 g/mol. The molecule has 1 fully saturated rings. The molecule has 0 radical (unpaired) electrons. The van der Waals surface area contributed by atoms with Crippen molar-refractivity contribution in [2.75, 3.05) is 25.1 Å². The molecule has 4 rings (SSSR count). The molecule has 0 N–H and O–H groups in total. The van der Waals surface area contributed by atoms with E-state index >= 15 is 0 Å². The maximum atomic E-state index is 5.43. The molecule has 0 aromatic carbocycles. The Morgan fingerprint density at radius 2 is 1.96 bits per heavy atom. The number of anilines is 1. The zero-order valence-corrected chi connectivity index (χ0v) is 13.0. The summed E-state index contributed by atoms with van der Waals surface area (Å²) in [5.41, 5.74) is 1.49. The van der Waals surface area contributed by atoms with Crippen molar-refractivity contribution in [2.45, 2.75) is 18.9 Å². The summed E-state index contributed by atoms with van der Waals surface area (Å²) in [5, 5.41) is 13.1. The molecular weight excluding hydrogens is 292 g/mol. The molecule has 1 saturated heterocycles. The molecule has 0 unspecified atom stereocenters. The van der Waals surface area contributed by atoms with E-state index in [-0.39, 0.29) is 0 Å². The van der Waals surface area contributed by atoms with Crippen LogP contribution < -0.4 is 4.90 Å². The third kappa shape index (κ3) is 2.63. The molecule has 1 aliphatic heterocycles. The fourth-order valence-electron chi connectivity index (χ4n) is 2.92. The van der Waals surface area contributed by atoms with Gasteiger partial charge in [-0.1, -0.05) is 6.07 Å². The zero-order valence-electron chi connectivity index (χ0n) is 13.0. The first kappa shape index (κ1) is 14.1. The number of hydrogen-bond donors (Lipinski definition) is 0. The first-order chi connectivity index (χ1) is 11.3. The molecule has 118 valence electrons. The number of fused-ring (bicyclic) bond motifs is 1. The largest absolute Gasteiger partial charge is 0.381 e. The highest BCUT2D eigenvalue weighted by molar-refractivity contribution is 5.56. The van der Waals surface area contributed by atoms with Crippen molar-refractivity contribution in [1.29, 1.82) is 0 Å². The summed E-state index contributed by atoms with van der Waals surface area (Å²) in [6, 6.07) is 9.67. The van der Waals surface area contributed by atoms with Crippen LogP contribution in [-0.2, 0) is 4.74 Å². The summed E-state index contributed by atoms with van der Waals surface area (Å²) in [6.45, 7) is 1.89. The Hall–Kier alpha value is -2.54. The summed E-state index contributed by atoms with van der Waals surface area (Å²) in [7, 11) is 1.78. The van der Waals surface area contributed by atoms with Crippen LogP contribution in [0.3, 0.4) is 0 Å². The van der Waals surface area contributed by atoms with Gasteiger partial charge in [-0.05, 0) is 37.1 Å². The second kappa shape index (κ2) is 5.92. The summed E-state index contributed by atoms with van der Waals surface area (Å²) in [6.07, 6.45) is 4.14. The second-order valence-corrected chi connectivity index (χ2v) is 5.62. The van der Waals surface area contributed by atoms with E-state index in [1.807, 2.05) is 30.3 Å². The lowest BCUT2D eigenvalue weighted by molar-refractivity contribution is 0.0817. The molecule has 0 aliphatic carbocycles. The minimum atomic E-state index is 0.356. The van der Waals surface area contributed by atoms with Gasteiger partial charge in [0.25, 0.3) is 0 Å². The van der Waals surface area contributed by atoms with Gasteiger partial charge in [-0.25, -0.2) is 0 Å². The van der Waals surface area contributed by atoms with Crippen molar-refractivity contribution in [1.82, 2.24) is 24.8 Å². The number of nitrogens with zero attached hydrogens (tertiary/aromatic N) is 6. The van der Waals surface area contributed by atoms with Crippen LogP contribution in [0.1, 0.15) is 12.8 Å². The van der Waals surface area contributed by atoms with E-state index in [1.165, 1.54) is 0 Å². The van der Waals surface area contributed by atoms with Crippen LogP contribution in [0, 0.1) is 0 Å². The van der Waals surface area contributed by atoms with Gasteiger partial charge in [-0.2, -0.15) is 4.52 Å². The number of pyridine rings is 1. The fourth-order valence-corrected chi connectivity index (χ4v) is 2.92. The lowest BCUT2D eigenvalue weighted by Crippen LogP contribution is -2.37. The standard InChI is InChI=1S/C16H18N6O/c1-23-12-7-10-21(11-8-12)15-6-5-14-18-19-16(22(14)20-15)13-4-2-3-9-17-13/h2-6,9,12H,7-8,10-11H2,1H3. The summed E-state index contributed by atoms with van der Waals surface area (Å²) < 4.78 is 7.19. The van der Waals surface area contributed by atoms with Crippen LogP contribution in [0.25, 0.3) is 17.2 Å². The van der Waals surface area contributed by atoms with Gasteiger partial charge in [0.05, 0.1) is 6.10 Å². The zero-order chi connectivity index (χ0) is 15.6. The number of methoxy groups -OCH3 is 1. The SMILES string of the molecule is COC1CCN(c2ccc3nnc(-c4ccccn4)n3n2)CC1. The van der Waals surface area contributed by atoms with E-state index in [4.69, 9.17) is 9.84 Å². The smallest absolute Gasteiger partial charge is 0.203 e. The normalized spacial score (nSPS) is 16.1. The van der Waals surface area contributed by atoms with Gasteiger partial charge < -0.3 is 9.64 Å². The van der Waals surface area contributed by atoms with Crippen LogP contribution in [0.5, 0.6) is 0 Å². The van der Waals surface area contributed by atoms with Crippen LogP contribution in [0.15, 0.2) is 36.5 Å². The van der Waals surface area contributed by atoms with E-state index in [9.17, 15) is 0 Å².